The third-order valence-electron chi connectivity index (χ3n) is 5.64. The maximum absolute atomic E-state index is 11.8. The lowest BCUT2D eigenvalue weighted by Crippen LogP contribution is -2.00. The molecule has 0 spiro atoms. The normalized spacial score (nSPS) is 12.1. The molecule has 5 nitrogen and oxygen atoms in total. The summed E-state index contributed by atoms with van der Waals surface area (Å²) in [4.78, 5) is 11.8. The summed E-state index contributed by atoms with van der Waals surface area (Å²) in [5, 5.41) is 13.8. The molecule has 1 unspecified atom stereocenters. The van der Waals surface area contributed by atoms with E-state index in [0.717, 1.165) is 41.2 Å². The van der Waals surface area contributed by atoms with E-state index in [2.05, 4.69) is 37.7 Å². The van der Waals surface area contributed by atoms with Crippen molar-refractivity contribution in [3.05, 3.63) is 77.2 Å². The van der Waals surface area contributed by atoms with Gasteiger partial charge in [0.1, 0.15) is 5.75 Å². The molecule has 2 aromatic rings. The van der Waals surface area contributed by atoms with Crippen LogP contribution in [-0.2, 0) is 18.3 Å². The number of para-hydroxylation sites is 1. The van der Waals surface area contributed by atoms with Crippen LogP contribution in [0.15, 0.2) is 60.3 Å². The number of ether oxygens (including phenoxy) is 1. The molecule has 1 aromatic heterocycles. The average Bonchev–Trinajstić information content (AvgIpc) is 3.29. The molecule has 0 aliphatic rings. The number of Topliss-reactive ketones (excluding diaryl/α,β-unsaturated/α-hetero) is 1. The van der Waals surface area contributed by atoms with Crippen LogP contribution in [0.4, 0.5) is 0 Å². The predicted octanol–water partition coefficient (Wildman–Crippen LogP) is 7.82. The Balaban J connectivity index is 0.000000784. The van der Waals surface area contributed by atoms with Crippen LogP contribution in [0.1, 0.15) is 77.6 Å². The highest BCUT2D eigenvalue weighted by Crippen LogP contribution is 2.31. The molecule has 196 valence electrons. The minimum Gasteiger partial charge on any atom is -0.496 e. The number of aryl methyl sites for hydroxylation is 2. The second-order valence-corrected chi connectivity index (χ2v) is 8.47. The molecule has 0 aliphatic heterocycles. The Morgan fingerprint density at radius 2 is 1.94 bits per heavy atom. The number of aromatic nitrogens is 2. The fraction of sp³-hybridized carbons (Fsp3) is 0.452. The van der Waals surface area contributed by atoms with Crippen LogP contribution < -0.4 is 4.74 Å². The molecule has 0 saturated carbocycles. The van der Waals surface area contributed by atoms with Gasteiger partial charge < -0.3 is 4.74 Å². The number of hydrogen-bond donors (Lipinski definition) is 0. The number of carbonyl (C=O) groups excluding carboxylic acids is 1. The molecule has 0 amide bonds. The first-order valence-corrected chi connectivity index (χ1v) is 12.8. The largest absolute Gasteiger partial charge is 0.496 e. The van der Waals surface area contributed by atoms with E-state index in [0.29, 0.717) is 17.6 Å². The molecule has 0 fully saturated rings. The van der Waals surface area contributed by atoms with Crippen molar-refractivity contribution < 1.29 is 9.53 Å². The third kappa shape index (κ3) is 10.5. The number of benzene rings is 1. The van der Waals surface area contributed by atoms with Crippen molar-refractivity contribution in [2.24, 2.45) is 13.0 Å². The fourth-order valence-electron chi connectivity index (χ4n) is 3.56. The van der Waals surface area contributed by atoms with E-state index >= 15 is 0 Å². The number of methoxy groups -OCH3 is 1. The number of ketones is 1. The monoisotopic (exact) mass is 491 g/mol. The van der Waals surface area contributed by atoms with Gasteiger partial charge in [-0.25, -0.2) is 0 Å². The summed E-state index contributed by atoms with van der Waals surface area (Å²) >= 11 is 0. The highest BCUT2D eigenvalue weighted by atomic mass is 16.5. The van der Waals surface area contributed by atoms with E-state index in [1.807, 2.05) is 63.8 Å². The molecule has 1 atom stereocenters. The number of nitrogens with zero attached hydrogens (tertiary/aromatic N) is 3. The summed E-state index contributed by atoms with van der Waals surface area (Å²) in [5.41, 5.74) is 4.77. The summed E-state index contributed by atoms with van der Waals surface area (Å²) in [7, 11) is 3.58. The summed E-state index contributed by atoms with van der Waals surface area (Å²) in [5.74, 6) is 1.43. The first-order chi connectivity index (χ1) is 17.2. The summed E-state index contributed by atoms with van der Waals surface area (Å²) < 4.78 is 7.33. The molecule has 0 N–H and O–H groups in total. The molecular weight excluding hydrogens is 446 g/mol. The Bertz CT molecular complexity index is 1070. The van der Waals surface area contributed by atoms with Gasteiger partial charge in [-0.15, -0.1) is 0 Å². The minimum atomic E-state index is -0.0701. The standard InChI is InChI=1S/C20H23NO2.C9H16N2.C2H6/c1-6-9-18(15(4)22)17(13-21)12-16(7-2)19-11-8-10-14(3)20(19)23-5;1-4-8(2)7-9-5-6-11(3)10-9;1-2/h7-8,10-12H,2,6,9H2,1,3-5H3;5-6,8H,4,7H2,1-3H3;1-2H3/b16-12+,18-17-;;. The van der Waals surface area contributed by atoms with E-state index < -0.39 is 0 Å². The Labute approximate surface area is 219 Å². The lowest BCUT2D eigenvalue weighted by Gasteiger charge is -2.12. The van der Waals surface area contributed by atoms with E-state index in [-0.39, 0.29) is 5.78 Å². The average molecular weight is 492 g/mol. The molecular formula is C31H45N3O2. The minimum absolute atomic E-state index is 0.0701. The van der Waals surface area contributed by atoms with E-state index in [1.165, 1.54) is 19.0 Å². The summed E-state index contributed by atoms with van der Waals surface area (Å²) in [6.45, 7) is 17.8. The van der Waals surface area contributed by atoms with Crippen LogP contribution in [0.3, 0.4) is 0 Å². The molecule has 2 rings (SSSR count). The first kappa shape index (κ1) is 32.6. The molecule has 1 aromatic carbocycles. The van der Waals surface area contributed by atoms with Gasteiger partial charge in [-0.3, -0.25) is 9.48 Å². The van der Waals surface area contributed by atoms with Gasteiger partial charge in [-0.1, -0.05) is 78.3 Å². The number of rotatable bonds is 10. The van der Waals surface area contributed by atoms with Gasteiger partial charge in [0.05, 0.1) is 24.4 Å². The smallest absolute Gasteiger partial charge is 0.157 e. The van der Waals surface area contributed by atoms with Crippen LogP contribution in [0.5, 0.6) is 5.75 Å². The van der Waals surface area contributed by atoms with Gasteiger partial charge in [0, 0.05) is 24.4 Å². The molecule has 36 heavy (non-hydrogen) atoms. The van der Waals surface area contributed by atoms with Crippen molar-refractivity contribution in [2.45, 2.75) is 74.1 Å². The van der Waals surface area contributed by atoms with E-state index in [4.69, 9.17) is 4.74 Å². The molecule has 0 aliphatic carbocycles. The van der Waals surface area contributed by atoms with Crippen molar-refractivity contribution in [1.82, 2.24) is 9.78 Å². The summed E-state index contributed by atoms with van der Waals surface area (Å²) in [6, 6.07) is 10.0. The van der Waals surface area contributed by atoms with Gasteiger partial charge in [0.25, 0.3) is 0 Å². The quantitative estimate of drug-likeness (QED) is 0.193. The fourth-order valence-corrected chi connectivity index (χ4v) is 3.56. The summed E-state index contributed by atoms with van der Waals surface area (Å²) in [6.07, 6.45) is 9.13. The first-order valence-electron chi connectivity index (χ1n) is 12.8. The van der Waals surface area contributed by atoms with Crippen molar-refractivity contribution >= 4 is 11.4 Å². The zero-order valence-electron chi connectivity index (χ0n) is 23.8. The SMILES string of the molecule is C=C/C(=C\C(C#N)=C(/CCC)C(C)=O)c1cccc(C)c1OC.CC.CCC(C)Cc1ccn(C)n1. The highest BCUT2D eigenvalue weighted by Gasteiger charge is 2.13. The molecule has 1 heterocycles. The van der Waals surface area contributed by atoms with E-state index in [9.17, 15) is 10.1 Å². The second-order valence-electron chi connectivity index (χ2n) is 8.47. The predicted molar refractivity (Wildman–Crippen MR) is 152 cm³/mol. The zero-order chi connectivity index (χ0) is 27.7. The third-order valence-corrected chi connectivity index (χ3v) is 5.64. The molecule has 0 radical (unpaired) electrons. The maximum atomic E-state index is 11.8. The Kier molecular flexibility index (Phi) is 16.3. The second kappa shape index (κ2) is 18.0. The Hall–Kier alpha value is -3.39. The van der Waals surface area contributed by atoms with Crippen molar-refractivity contribution in [3.63, 3.8) is 0 Å². The number of nitriles is 1. The zero-order valence-corrected chi connectivity index (χ0v) is 23.8. The van der Waals surface area contributed by atoms with Gasteiger partial charge in [0.15, 0.2) is 5.78 Å². The van der Waals surface area contributed by atoms with Crippen molar-refractivity contribution in [3.8, 4) is 11.8 Å². The van der Waals surface area contributed by atoms with Gasteiger partial charge in [-0.2, -0.15) is 10.4 Å². The number of carbonyl (C=O) groups is 1. The molecule has 0 saturated heterocycles. The van der Waals surface area contributed by atoms with Crippen LogP contribution >= 0.6 is 0 Å². The molecule has 5 heteroatoms. The molecule has 0 bridgehead atoms. The Morgan fingerprint density at radius 3 is 2.39 bits per heavy atom. The maximum Gasteiger partial charge on any atom is 0.157 e. The van der Waals surface area contributed by atoms with Crippen LogP contribution in [0.2, 0.25) is 0 Å². The van der Waals surface area contributed by atoms with Crippen molar-refractivity contribution in [1.29, 1.82) is 5.26 Å². The number of hydrogen-bond acceptors (Lipinski definition) is 4. The topological polar surface area (TPSA) is 67.9 Å². The van der Waals surface area contributed by atoms with Crippen LogP contribution in [0.25, 0.3) is 5.57 Å². The van der Waals surface area contributed by atoms with Gasteiger partial charge >= 0.3 is 0 Å². The van der Waals surface area contributed by atoms with Crippen LogP contribution in [0, 0.1) is 24.2 Å². The van der Waals surface area contributed by atoms with Gasteiger partial charge in [-0.05, 0) is 55.9 Å². The Morgan fingerprint density at radius 1 is 1.28 bits per heavy atom. The lowest BCUT2D eigenvalue weighted by molar-refractivity contribution is -0.113. The highest BCUT2D eigenvalue weighted by molar-refractivity contribution is 5.96. The number of allylic oxidation sites excluding steroid dienone is 5. The van der Waals surface area contributed by atoms with Crippen molar-refractivity contribution in [2.75, 3.05) is 7.11 Å². The van der Waals surface area contributed by atoms with Gasteiger partial charge in [0.2, 0.25) is 0 Å². The lowest BCUT2D eigenvalue weighted by atomic mass is 9.95. The van der Waals surface area contributed by atoms with Crippen LogP contribution in [-0.4, -0.2) is 22.7 Å². The van der Waals surface area contributed by atoms with E-state index in [1.54, 1.807) is 19.3 Å².